The number of rotatable bonds is 5. The number of halogens is 1. The van der Waals surface area contributed by atoms with Crippen molar-refractivity contribution in [2.45, 2.75) is 24.9 Å². The van der Waals surface area contributed by atoms with Gasteiger partial charge in [0, 0.05) is 16.1 Å². The van der Waals surface area contributed by atoms with Crippen molar-refractivity contribution >= 4 is 23.5 Å². The van der Waals surface area contributed by atoms with Crippen LogP contribution in [-0.2, 0) is 4.79 Å². The van der Waals surface area contributed by atoms with Crippen LogP contribution in [0, 0.1) is 0 Å². The van der Waals surface area contributed by atoms with Gasteiger partial charge < -0.3 is 14.7 Å². The van der Waals surface area contributed by atoms with E-state index in [-0.39, 0.29) is 11.9 Å². The normalized spacial score (nSPS) is 18.1. The highest BCUT2D eigenvalue weighted by Gasteiger charge is 2.42. The van der Waals surface area contributed by atoms with Gasteiger partial charge in [-0.15, -0.1) is 0 Å². The fraction of sp³-hybridized carbons (Fsp3) is 0.200. The molecule has 6 heteroatoms. The number of methoxy groups -OCH3 is 1. The Morgan fingerprint density at radius 1 is 0.968 bits per heavy atom. The van der Waals surface area contributed by atoms with Gasteiger partial charge in [0.1, 0.15) is 11.8 Å². The van der Waals surface area contributed by atoms with Crippen LogP contribution in [0.15, 0.2) is 72.8 Å². The Bertz CT molecular complexity index is 1110. The molecule has 3 aromatic carbocycles. The van der Waals surface area contributed by atoms with Crippen LogP contribution in [0.3, 0.4) is 0 Å². The number of carbonyl (C=O) groups is 2. The van der Waals surface area contributed by atoms with Crippen molar-refractivity contribution in [2.24, 2.45) is 0 Å². The molecule has 5 nitrogen and oxygen atoms in total. The molecule has 0 aliphatic carbocycles. The third-order valence-electron chi connectivity index (χ3n) is 5.72. The standard InChI is InChI=1S/C25H22ClNO4/c1-31-23-9-5-3-6-18(23)16-10-12-17(13-11-16)24(28)27-21(14-15-22(27)25(29)30)19-7-2-4-8-20(19)26/h2-13,21-22H,14-15H2,1H3,(H,29,30)/t21-,22+/m1/s1. The van der Waals surface area contributed by atoms with Gasteiger partial charge in [-0.25, -0.2) is 4.79 Å². The third kappa shape index (κ3) is 4.01. The van der Waals surface area contributed by atoms with E-state index in [1.807, 2.05) is 54.6 Å². The molecule has 3 aromatic rings. The average Bonchev–Trinajstić information content (AvgIpc) is 3.24. The second-order valence-electron chi connectivity index (χ2n) is 7.46. The molecule has 1 saturated heterocycles. The topological polar surface area (TPSA) is 66.8 Å². The summed E-state index contributed by atoms with van der Waals surface area (Å²) in [6.45, 7) is 0. The minimum absolute atomic E-state index is 0.318. The molecule has 1 N–H and O–H groups in total. The Hall–Kier alpha value is -3.31. The van der Waals surface area contributed by atoms with Crippen LogP contribution in [-0.4, -0.2) is 35.0 Å². The number of carbonyl (C=O) groups excluding carboxylic acids is 1. The van der Waals surface area contributed by atoms with Gasteiger partial charge in [-0.05, 0) is 48.2 Å². The first-order valence-electron chi connectivity index (χ1n) is 10.0. The van der Waals surface area contributed by atoms with E-state index in [0.717, 1.165) is 22.4 Å². The van der Waals surface area contributed by atoms with Crippen LogP contribution in [0.25, 0.3) is 11.1 Å². The highest BCUT2D eigenvalue weighted by atomic mass is 35.5. The number of aliphatic carboxylic acids is 1. The maximum Gasteiger partial charge on any atom is 0.326 e. The molecule has 0 aromatic heterocycles. The predicted octanol–water partition coefficient (Wildman–Crippen LogP) is 5.45. The molecule has 158 valence electrons. The lowest BCUT2D eigenvalue weighted by Gasteiger charge is -2.29. The molecule has 1 aliphatic rings. The van der Waals surface area contributed by atoms with E-state index in [4.69, 9.17) is 16.3 Å². The largest absolute Gasteiger partial charge is 0.496 e. The Balaban J connectivity index is 1.67. The van der Waals surface area contributed by atoms with Gasteiger partial charge in [0.25, 0.3) is 5.91 Å². The fourth-order valence-corrected chi connectivity index (χ4v) is 4.47. The van der Waals surface area contributed by atoms with Crippen LogP contribution in [0.1, 0.15) is 34.8 Å². The lowest BCUT2D eigenvalue weighted by Crippen LogP contribution is -2.41. The molecule has 1 aliphatic heterocycles. The number of nitrogens with zero attached hydrogens (tertiary/aromatic N) is 1. The van der Waals surface area contributed by atoms with E-state index >= 15 is 0 Å². The molecule has 0 bridgehead atoms. The maximum atomic E-state index is 13.4. The van der Waals surface area contributed by atoms with E-state index in [9.17, 15) is 14.7 Å². The zero-order chi connectivity index (χ0) is 22.0. The van der Waals surface area contributed by atoms with Gasteiger partial charge in [-0.3, -0.25) is 4.79 Å². The second-order valence-corrected chi connectivity index (χ2v) is 7.87. The first-order valence-corrected chi connectivity index (χ1v) is 10.4. The molecular formula is C25H22ClNO4. The van der Waals surface area contributed by atoms with E-state index < -0.39 is 12.0 Å². The number of ether oxygens (including phenoxy) is 1. The fourth-order valence-electron chi connectivity index (χ4n) is 4.21. The third-order valence-corrected chi connectivity index (χ3v) is 6.06. The van der Waals surface area contributed by atoms with Gasteiger partial charge in [-0.2, -0.15) is 0 Å². The van der Waals surface area contributed by atoms with Gasteiger partial charge in [0.05, 0.1) is 13.2 Å². The highest BCUT2D eigenvalue weighted by Crippen LogP contribution is 2.40. The number of likely N-dealkylation sites (tertiary alicyclic amines) is 1. The molecule has 4 rings (SSSR count). The monoisotopic (exact) mass is 435 g/mol. The first kappa shape index (κ1) is 20.9. The van der Waals surface area contributed by atoms with E-state index in [2.05, 4.69) is 0 Å². The minimum Gasteiger partial charge on any atom is -0.496 e. The zero-order valence-corrected chi connectivity index (χ0v) is 17.8. The summed E-state index contributed by atoms with van der Waals surface area (Å²) in [7, 11) is 1.62. The van der Waals surface area contributed by atoms with Gasteiger partial charge >= 0.3 is 5.97 Å². The summed E-state index contributed by atoms with van der Waals surface area (Å²) >= 11 is 6.37. The summed E-state index contributed by atoms with van der Waals surface area (Å²) in [5, 5.41) is 10.3. The number of carboxylic acids is 1. The molecule has 0 unspecified atom stereocenters. The first-order chi connectivity index (χ1) is 15.0. The maximum absolute atomic E-state index is 13.4. The summed E-state index contributed by atoms with van der Waals surface area (Å²) in [5.74, 6) is -0.583. The van der Waals surface area contributed by atoms with Gasteiger partial charge in [0.15, 0.2) is 0 Å². The summed E-state index contributed by atoms with van der Waals surface area (Å²) < 4.78 is 5.42. The quantitative estimate of drug-likeness (QED) is 0.579. The molecule has 0 radical (unpaired) electrons. The molecule has 31 heavy (non-hydrogen) atoms. The number of hydrogen-bond donors (Lipinski definition) is 1. The zero-order valence-electron chi connectivity index (χ0n) is 17.0. The number of benzene rings is 3. The lowest BCUT2D eigenvalue weighted by atomic mass is 10.0. The lowest BCUT2D eigenvalue weighted by molar-refractivity contribution is -0.141. The van der Waals surface area contributed by atoms with E-state index in [1.165, 1.54) is 4.90 Å². The van der Waals surface area contributed by atoms with Crippen molar-refractivity contribution in [3.05, 3.63) is 88.9 Å². The number of hydrogen-bond acceptors (Lipinski definition) is 3. The summed E-state index contributed by atoms with van der Waals surface area (Å²) in [6, 6.07) is 20.8. The molecule has 1 amide bonds. The molecular weight excluding hydrogens is 414 g/mol. The van der Waals surface area contributed by atoms with Crippen molar-refractivity contribution in [3.8, 4) is 16.9 Å². The van der Waals surface area contributed by atoms with Crippen LogP contribution < -0.4 is 4.74 Å². The van der Waals surface area contributed by atoms with Crippen LogP contribution in [0.2, 0.25) is 5.02 Å². The molecule has 1 heterocycles. The highest BCUT2D eigenvalue weighted by molar-refractivity contribution is 6.31. The van der Waals surface area contributed by atoms with Crippen molar-refractivity contribution < 1.29 is 19.4 Å². The van der Waals surface area contributed by atoms with E-state index in [0.29, 0.717) is 23.4 Å². The van der Waals surface area contributed by atoms with Crippen molar-refractivity contribution in [1.29, 1.82) is 0 Å². The van der Waals surface area contributed by atoms with Crippen LogP contribution in [0.5, 0.6) is 5.75 Å². The Labute approximate surface area is 185 Å². The number of amides is 1. The van der Waals surface area contributed by atoms with Crippen molar-refractivity contribution in [3.63, 3.8) is 0 Å². The summed E-state index contributed by atoms with van der Waals surface area (Å²) in [5.41, 5.74) is 3.03. The SMILES string of the molecule is COc1ccccc1-c1ccc(C(=O)N2[C@@H](c3ccccc3Cl)CC[C@H]2C(=O)O)cc1. The molecule has 0 saturated carbocycles. The van der Waals surface area contributed by atoms with Crippen molar-refractivity contribution in [1.82, 2.24) is 4.90 Å². The Morgan fingerprint density at radius 3 is 2.32 bits per heavy atom. The van der Waals surface area contributed by atoms with E-state index in [1.54, 1.807) is 25.3 Å². The predicted molar refractivity (Wildman–Crippen MR) is 119 cm³/mol. The van der Waals surface area contributed by atoms with Crippen LogP contribution >= 0.6 is 11.6 Å². The van der Waals surface area contributed by atoms with Crippen molar-refractivity contribution in [2.75, 3.05) is 7.11 Å². The average molecular weight is 436 g/mol. The Kier molecular flexibility index (Phi) is 5.96. The molecule has 0 spiro atoms. The smallest absolute Gasteiger partial charge is 0.326 e. The summed E-state index contributed by atoms with van der Waals surface area (Å²) in [6.07, 6.45) is 0.933. The summed E-state index contributed by atoms with van der Waals surface area (Å²) in [4.78, 5) is 26.8. The van der Waals surface area contributed by atoms with Gasteiger partial charge in [0.2, 0.25) is 0 Å². The number of carboxylic acid groups (broad SMARTS) is 1. The molecule has 1 fully saturated rings. The van der Waals surface area contributed by atoms with Gasteiger partial charge in [-0.1, -0.05) is 60.1 Å². The van der Waals surface area contributed by atoms with Crippen LogP contribution in [0.4, 0.5) is 0 Å². The molecule has 2 atom stereocenters. The minimum atomic E-state index is -1.01. The Morgan fingerprint density at radius 2 is 1.65 bits per heavy atom. The number of para-hydroxylation sites is 1. The second kappa shape index (κ2) is 8.82.